The van der Waals surface area contributed by atoms with Gasteiger partial charge in [-0.25, -0.2) is 0 Å². The van der Waals surface area contributed by atoms with Gasteiger partial charge in [0, 0.05) is 45.2 Å². The van der Waals surface area contributed by atoms with Crippen LogP contribution in [0.3, 0.4) is 0 Å². The fourth-order valence-corrected chi connectivity index (χ4v) is 4.96. The van der Waals surface area contributed by atoms with Crippen molar-refractivity contribution in [3.63, 3.8) is 0 Å². The Hall–Kier alpha value is -1.75. The molecule has 0 spiro atoms. The monoisotopic (exact) mass is 384 g/mol. The molecule has 5 nitrogen and oxygen atoms in total. The standard InChI is InChI=1S/C23H36N4O/c1-24-23(25-13-9-18-7-8-22-19(17-18)12-16-28-22)26-20-10-14-27(15-11-20)21-5-3-2-4-6-21/h7-8,17,20-21H,2-6,9-16H2,1H3,(H2,24,25,26). The fraction of sp³-hybridized carbons (Fsp3) is 0.696. The second kappa shape index (κ2) is 9.64. The first-order valence-corrected chi connectivity index (χ1v) is 11.3. The molecule has 3 aliphatic rings. The lowest BCUT2D eigenvalue weighted by molar-refractivity contribution is 0.119. The molecule has 0 bridgehead atoms. The average molecular weight is 385 g/mol. The third-order valence-electron chi connectivity index (χ3n) is 6.65. The zero-order valence-corrected chi connectivity index (χ0v) is 17.4. The van der Waals surface area contributed by atoms with Crippen LogP contribution in [0.15, 0.2) is 23.2 Å². The van der Waals surface area contributed by atoms with Crippen molar-refractivity contribution in [2.75, 3.05) is 33.3 Å². The van der Waals surface area contributed by atoms with Crippen LogP contribution >= 0.6 is 0 Å². The molecule has 28 heavy (non-hydrogen) atoms. The van der Waals surface area contributed by atoms with Crippen molar-refractivity contribution in [3.8, 4) is 5.75 Å². The first kappa shape index (κ1) is 19.6. The van der Waals surface area contributed by atoms with Crippen LogP contribution < -0.4 is 15.4 Å². The number of hydrogen-bond donors (Lipinski definition) is 2. The summed E-state index contributed by atoms with van der Waals surface area (Å²) in [5.74, 6) is 2.01. The molecule has 1 aromatic carbocycles. The molecule has 154 valence electrons. The van der Waals surface area contributed by atoms with Crippen LogP contribution in [-0.2, 0) is 12.8 Å². The van der Waals surface area contributed by atoms with Crippen LogP contribution in [0.5, 0.6) is 5.75 Å². The lowest BCUT2D eigenvalue weighted by atomic mass is 9.92. The summed E-state index contributed by atoms with van der Waals surface area (Å²) in [6.45, 7) is 4.19. The minimum Gasteiger partial charge on any atom is -0.493 e. The topological polar surface area (TPSA) is 48.9 Å². The third kappa shape index (κ3) is 4.99. The Morgan fingerprint density at radius 3 is 2.75 bits per heavy atom. The van der Waals surface area contributed by atoms with Crippen LogP contribution in [-0.4, -0.2) is 56.2 Å². The van der Waals surface area contributed by atoms with Crippen molar-refractivity contribution >= 4 is 5.96 Å². The molecule has 2 N–H and O–H groups in total. The Labute approximate surface area is 169 Å². The molecule has 4 rings (SSSR count). The average Bonchev–Trinajstić information content (AvgIpc) is 3.22. The lowest BCUT2D eigenvalue weighted by Gasteiger charge is -2.39. The van der Waals surface area contributed by atoms with E-state index in [0.29, 0.717) is 6.04 Å². The molecule has 0 unspecified atom stereocenters. The number of piperidine rings is 1. The van der Waals surface area contributed by atoms with Crippen molar-refractivity contribution in [3.05, 3.63) is 29.3 Å². The highest BCUT2D eigenvalue weighted by Crippen LogP contribution is 2.26. The van der Waals surface area contributed by atoms with E-state index < -0.39 is 0 Å². The molecular formula is C23H36N4O. The van der Waals surface area contributed by atoms with Crippen LogP contribution in [0.4, 0.5) is 0 Å². The molecule has 1 aliphatic carbocycles. The quantitative estimate of drug-likeness (QED) is 0.605. The van der Waals surface area contributed by atoms with Crippen LogP contribution in [0.2, 0.25) is 0 Å². The van der Waals surface area contributed by atoms with Gasteiger partial charge in [0.05, 0.1) is 6.61 Å². The van der Waals surface area contributed by atoms with Gasteiger partial charge in [-0.2, -0.15) is 0 Å². The number of nitrogens with zero attached hydrogens (tertiary/aromatic N) is 2. The van der Waals surface area contributed by atoms with Gasteiger partial charge in [-0.05, 0) is 49.3 Å². The summed E-state index contributed by atoms with van der Waals surface area (Å²) < 4.78 is 5.60. The summed E-state index contributed by atoms with van der Waals surface area (Å²) in [6, 6.07) is 7.99. The highest BCUT2D eigenvalue weighted by atomic mass is 16.5. The number of rotatable bonds is 5. The highest BCUT2D eigenvalue weighted by Gasteiger charge is 2.26. The van der Waals surface area contributed by atoms with Crippen molar-refractivity contribution in [1.29, 1.82) is 0 Å². The van der Waals surface area contributed by atoms with Gasteiger partial charge in [0.25, 0.3) is 0 Å². The van der Waals surface area contributed by atoms with Crippen molar-refractivity contribution < 1.29 is 4.74 Å². The molecule has 0 radical (unpaired) electrons. The molecule has 1 saturated carbocycles. The van der Waals surface area contributed by atoms with E-state index in [1.54, 1.807) is 0 Å². The molecule has 5 heteroatoms. The normalized spacial score (nSPS) is 22.0. The zero-order chi connectivity index (χ0) is 19.2. The minimum absolute atomic E-state index is 0.545. The summed E-state index contributed by atoms with van der Waals surface area (Å²) in [6.07, 6.45) is 11.6. The van der Waals surface area contributed by atoms with Crippen LogP contribution in [0.25, 0.3) is 0 Å². The highest BCUT2D eigenvalue weighted by molar-refractivity contribution is 5.79. The van der Waals surface area contributed by atoms with Gasteiger partial charge in [-0.3, -0.25) is 4.99 Å². The molecule has 0 atom stereocenters. The maximum atomic E-state index is 5.60. The Morgan fingerprint density at radius 2 is 1.96 bits per heavy atom. The van der Waals surface area contributed by atoms with Gasteiger partial charge < -0.3 is 20.3 Å². The Bertz CT molecular complexity index is 661. The van der Waals surface area contributed by atoms with E-state index in [1.165, 1.54) is 69.2 Å². The van der Waals surface area contributed by atoms with Gasteiger partial charge in [-0.1, -0.05) is 31.4 Å². The maximum absolute atomic E-state index is 5.60. The molecule has 0 amide bonds. The van der Waals surface area contributed by atoms with Crippen molar-refractivity contribution in [1.82, 2.24) is 15.5 Å². The second-order valence-electron chi connectivity index (χ2n) is 8.54. The largest absolute Gasteiger partial charge is 0.493 e. The molecule has 2 aliphatic heterocycles. The third-order valence-corrected chi connectivity index (χ3v) is 6.65. The zero-order valence-electron chi connectivity index (χ0n) is 17.4. The van der Waals surface area contributed by atoms with Gasteiger partial charge in [0.15, 0.2) is 5.96 Å². The van der Waals surface area contributed by atoms with E-state index in [4.69, 9.17) is 4.74 Å². The van der Waals surface area contributed by atoms with E-state index in [0.717, 1.165) is 43.7 Å². The number of hydrogen-bond acceptors (Lipinski definition) is 3. The Balaban J connectivity index is 1.18. The molecule has 2 fully saturated rings. The number of benzene rings is 1. The van der Waals surface area contributed by atoms with Crippen LogP contribution in [0, 0.1) is 0 Å². The van der Waals surface area contributed by atoms with E-state index >= 15 is 0 Å². The Kier molecular flexibility index (Phi) is 6.73. The van der Waals surface area contributed by atoms with Gasteiger partial charge in [0.1, 0.15) is 5.75 Å². The van der Waals surface area contributed by atoms with E-state index in [9.17, 15) is 0 Å². The molecular weight excluding hydrogens is 348 g/mol. The van der Waals surface area contributed by atoms with Crippen molar-refractivity contribution in [2.24, 2.45) is 4.99 Å². The van der Waals surface area contributed by atoms with Crippen molar-refractivity contribution in [2.45, 2.75) is 69.9 Å². The van der Waals surface area contributed by atoms with E-state index in [2.05, 4.69) is 38.7 Å². The second-order valence-corrected chi connectivity index (χ2v) is 8.54. The summed E-state index contributed by atoms with van der Waals surface area (Å²) >= 11 is 0. The number of likely N-dealkylation sites (tertiary alicyclic amines) is 1. The lowest BCUT2D eigenvalue weighted by Crippen LogP contribution is -2.51. The summed E-state index contributed by atoms with van der Waals surface area (Å²) in [4.78, 5) is 7.18. The van der Waals surface area contributed by atoms with Gasteiger partial charge in [-0.15, -0.1) is 0 Å². The molecule has 0 aromatic heterocycles. The van der Waals surface area contributed by atoms with Gasteiger partial charge in [0.2, 0.25) is 0 Å². The first-order valence-electron chi connectivity index (χ1n) is 11.3. The number of fused-ring (bicyclic) bond motifs is 1. The van der Waals surface area contributed by atoms with E-state index in [1.807, 2.05) is 7.05 Å². The number of aliphatic imine (C=N–C) groups is 1. The van der Waals surface area contributed by atoms with Crippen LogP contribution in [0.1, 0.15) is 56.1 Å². The summed E-state index contributed by atoms with van der Waals surface area (Å²) in [5, 5.41) is 7.15. The molecule has 1 aromatic rings. The SMILES string of the molecule is CN=C(NCCc1ccc2c(c1)CCO2)NC1CCN(C2CCCCC2)CC1. The number of guanidine groups is 1. The smallest absolute Gasteiger partial charge is 0.191 e. The first-order chi connectivity index (χ1) is 13.8. The minimum atomic E-state index is 0.545. The van der Waals surface area contributed by atoms with Gasteiger partial charge >= 0.3 is 0 Å². The maximum Gasteiger partial charge on any atom is 0.191 e. The predicted octanol–water partition coefficient (Wildman–Crippen LogP) is 3.13. The van der Waals surface area contributed by atoms with E-state index in [-0.39, 0.29) is 0 Å². The summed E-state index contributed by atoms with van der Waals surface area (Å²) in [5.41, 5.74) is 2.72. The number of ether oxygens (including phenoxy) is 1. The molecule has 1 saturated heterocycles. The summed E-state index contributed by atoms with van der Waals surface area (Å²) in [7, 11) is 1.87. The predicted molar refractivity (Wildman–Crippen MR) is 115 cm³/mol. The molecule has 2 heterocycles. The fourth-order valence-electron chi connectivity index (χ4n) is 4.96. The number of nitrogens with one attached hydrogen (secondary N) is 2. The Morgan fingerprint density at radius 1 is 1.14 bits per heavy atom.